The first-order valence-electron chi connectivity index (χ1n) is 8.38. The van der Waals surface area contributed by atoms with E-state index in [-0.39, 0.29) is 11.8 Å². The Morgan fingerprint density at radius 2 is 1.58 bits per heavy atom. The van der Waals surface area contributed by atoms with E-state index in [1.165, 1.54) is 0 Å². The molecule has 2 N–H and O–H groups in total. The molecule has 0 spiro atoms. The molecule has 0 radical (unpaired) electrons. The smallest absolute Gasteiger partial charge is 0.257 e. The number of hydrogen-bond acceptors (Lipinski definition) is 4. The SMILES string of the molecule is O=C(CN1CCOCC1)Nc1ccc(NC(=O)c2ccccc2Cl)cc1. The molecule has 2 aromatic rings. The van der Waals surface area contributed by atoms with Crippen molar-refractivity contribution in [3.05, 3.63) is 59.1 Å². The van der Waals surface area contributed by atoms with Crippen LogP contribution in [0.4, 0.5) is 11.4 Å². The summed E-state index contributed by atoms with van der Waals surface area (Å²) in [7, 11) is 0. The standard InChI is InChI=1S/C19H20ClN3O3/c20-17-4-2-1-3-16(17)19(25)22-15-7-5-14(6-8-15)21-18(24)13-23-9-11-26-12-10-23/h1-8H,9-13H2,(H,21,24)(H,22,25). The van der Waals surface area contributed by atoms with Crippen molar-refractivity contribution in [2.45, 2.75) is 0 Å². The number of hydrogen-bond donors (Lipinski definition) is 2. The Balaban J connectivity index is 1.54. The average molecular weight is 374 g/mol. The molecule has 1 aliphatic rings. The molecule has 136 valence electrons. The quantitative estimate of drug-likeness (QED) is 0.845. The molecule has 0 saturated carbocycles. The molecule has 0 aliphatic carbocycles. The van der Waals surface area contributed by atoms with Gasteiger partial charge in [0.05, 0.1) is 30.3 Å². The monoisotopic (exact) mass is 373 g/mol. The highest BCUT2D eigenvalue weighted by atomic mass is 35.5. The summed E-state index contributed by atoms with van der Waals surface area (Å²) in [6.45, 7) is 3.19. The van der Waals surface area contributed by atoms with Gasteiger partial charge in [0.25, 0.3) is 5.91 Å². The van der Waals surface area contributed by atoms with Gasteiger partial charge in [-0.15, -0.1) is 0 Å². The number of rotatable bonds is 5. The second-order valence-corrected chi connectivity index (χ2v) is 6.36. The van der Waals surface area contributed by atoms with Gasteiger partial charge in [-0.3, -0.25) is 14.5 Å². The van der Waals surface area contributed by atoms with E-state index in [2.05, 4.69) is 15.5 Å². The van der Waals surface area contributed by atoms with Crippen molar-refractivity contribution in [2.24, 2.45) is 0 Å². The summed E-state index contributed by atoms with van der Waals surface area (Å²) in [5, 5.41) is 6.04. The molecule has 6 nitrogen and oxygen atoms in total. The van der Waals surface area contributed by atoms with E-state index in [1.54, 1.807) is 48.5 Å². The van der Waals surface area contributed by atoms with E-state index >= 15 is 0 Å². The van der Waals surface area contributed by atoms with E-state index in [0.717, 1.165) is 13.1 Å². The fourth-order valence-electron chi connectivity index (χ4n) is 2.64. The summed E-state index contributed by atoms with van der Waals surface area (Å²) in [5.74, 6) is -0.348. The minimum atomic E-state index is -0.278. The van der Waals surface area contributed by atoms with Crippen LogP contribution in [0.2, 0.25) is 5.02 Å². The van der Waals surface area contributed by atoms with Crippen molar-refractivity contribution < 1.29 is 14.3 Å². The maximum absolute atomic E-state index is 12.2. The minimum Gasteiger partial charge on any atom is -0.379 e. The molecule has 0 bridgehead atoms. The van der Waals surface area contributed by atoms with Gasteiger partial charge in [0.2, 0.25) is 5.91 Å². The molecule has 2 aromatic carbocycles. The van der Waals surface area contributed by atoms with Gasteiger partial charge in [-0.25, -0.2) is 0 Å². The Kier molecular flexibility index (Phi) is 6.22. The van der Waals surface area contributed by atoms with E-state index in [1.807, 2.05) is 0 Å². The molecule has 0 atom stereocenters. The number of nitrogens with one attached hydrogen (secondary N) is 2. The van der Waals surface area contributed by atoms with Crippen LogP contribution in [-0.4, -0.2) is 49.6 Å². The van der Waals surface area contributed by atoms with Crippen molar-refractivity contribution in [1.82, 2.24) is 4.90 Å². The zero-order chi connectivity index (χ0) is 18.4. The first-order valence-corrected chi connectivity index (χ1v) is 8.75. The average Bonchev–Trinajstić information content (AvgIpc) is 2.64. The number of nitrogens with zero attached hydrogens (tertiary/aromatic N) is 1. The topological polar surface area (TPSA) is 70.7 Å². The normalized spacial score (nSPS) is 14.7. The summed E-state index contributed by atoms with van der Waals surface area (Å²) in [6.07, 6.45) is 0. The number of amides is 2. The van der Waals surface area contributed by atoms with Gasteiger partial charge in [0.15, 0.2) is 0 Å². The lowest BCUT2D eigenvalue weighted by Crippen LogP contribution is -2.41. The van der Waals surface area contributed by atoms with E-state index in [4.69, 9.17) is 16.3 Å². The highest BCUT2D eigenvalue weighted by Gasteiger charge is 2.14. The van der Waals surface area contributed by atoms with Crippen LogP contribution in [0, 0.1) is 0 Å². The summed E-state index contributed by atoms with van der Waals surface area (Å²) in [4.78, 5) is 26.4. The Bertz CT molecular complexity index is 774. The second kappa shape index (κ2) is 8.80. The molecular formula is C19H20ClN3O3. The molecule has 1 saturated heterocycles. The van der Waals surface area contributed by atoms with Gasteiger partial charge in [0, 0.05) is 24.5 Å². The molecule has 1 heterocycles. The number of carbonyl (C=O) groups excluding carboxylic acids is 2. The first-order chi connectivity index (χ1) is 12.6. The predicted molar refractivity (Wildman–Crippen MR) is 102 cm³/mol. The van der Waals surface area contributed by atoms with Gasteiger partial charge in [0.1, 0.15) is 0 Å². The van der Waals surface area contributed by atoms with Crippen molar-refractivity contribution in [2.75, 3.05) is 43.5 Å². The summed E-state index contributed by atoms with van der Waals surface area (Å²) in [6, 6.07) is 13.8. The van der Waals surface area contributed by atoms with Gasteiger partial charge in [-0.2, -0.15) is 0 Å². The van der Waals surface area contributed by atoms with Crippen molar-refractivity contribution in [3.63, 3.8) is 0 Å². The van der Waals surface area contributed by atoms with Crippen LogP contribution in [0.3, 0.4) is 0 Å². The van der Waals surface area contributed by atoms with Crippen LogP contribution in [0.1, 0.15) is 10.4 Å². The van der Waals surface area contributed by atoms with Crippen LogP contribution in [-0.2, 0) is 9.53 Å². The van der Waals surface area contributed by atoms with E-state index < -0.39 is 0 Å². The Morgan fingerprint density at radius 3 is 2.23 bits per heavy atom. The van der Waals surface area contributed by atoms with Crippen LogP contribution in [0.25, 0.3) is 0 Å². The third-order valence-electron chi connectivity index (χ3n) is 4.02. The van der Waals surface area contributed by atoms with Crippen molar-refractivity contribution in [3.8, 4) is 0 Å². The Hall–Kier alpha value is -2.41. The van der Waals surface area contributed by atoms with Crippen LogP contribution < -0.4 is 10.6 Å². The Morgan fingerprint density at radius 1 is 0.962 bits per heavy atom. The molecule has 3 rings (SSSR count). The molecule has 0 unspecified atom stereocenters. The number of carbonyl (C=O) groups is 2. The van der Waals surface area contributed by atoms with Crippen LogP contribution >= 0.6 is 11.6 Å². The summed E-state index contributed by atoms with van der Waals surface area (Å²) in [5.41, 5.74) is 1.72. The second-order valence-electron chi connectivity index (χ2n) is 5.95. The fraction of sp³-hybridized carbons (Fsp3) is 0.263. The molecule has 1 fully saturated rings. The summed E-state index contributed by atoms with van der Waals surface area (Å²) < 4.78 is 5.27. The van der Waals surface area contributed by atoms with Gasteiger partial charge in [-0.1, -0.05) is 23.7 Å². The lowest BCUT2D eigenvalue weighted by molar-refractivity contribution is -0.118. The predicted octanol–water partition coefficient (Wildman–Crippen LogP) is 2.86. The highest BCUT2D eigenvalue weighted by molar-refractivity contribution is 6.34. The molecule has 2 amide bonds. The molecule has 7 heteroatoms. The van der Waals surface area contributed by atoms with Gasteiger partial charge in [-0.05, 0) is 36.4 Å². The van der Waals surface area contributed by atoms with Gasteiger partial charge < -0.3 is 15.4 Å². The molecular weight excluding hydrogens is 354 g/mol. The largest absolute Gasteiger partial charge is 0.379 e. The van der Waals surface area contributed by atoms with Crippen molar-refractivity contribution >= 4 is 34.8 Å². The number of benzene rings is 2. The first kappa shape index (κ1) is 18.4. The molecule has 26 heavy (non-hydrogen) atoms. The minimum absolute atomic E-state index is 0.0697. The molecule has 0 aromatic heterocycles. The number of ether oxygens (including phenoxy) is 1. The summed E-state index contributed by atoms with van der Waals surface area (Å²) >= 11 is 6.03. The lowest BCUT2D eigenvalue weighted by atomic mass is 10.2. The zero-order valence-electron chi connectivity index (χ0n) is 14.2. The fourth-order valence-corrected chi connectivity index (χ4v) is 2.87. The van der Waals surface area contributed by atoms with Crippen molar-refractivity contribution in [1.29, 1.82) is 0 Å². The number of halogens is 1. The third-order valence-corrected chi connectivity index (χ3v) is 4.35. The lowest BCUT2D eigenvalue weighted by Gasteiger charge is -2.25. The highest BCUT2D eigenvalue weighted by Crippen LogP contribution is 2.18. The zero-order valence-corrected chi connectivity index (χ0v) is 15.0. The maximum atomic E-state index is 12.2. The Labute approximate surface area is 157 Å². The molecule has 1 aliphatic heterocycles. The van der Waals surface area contributed by atoms with Crippen LogP contribution in [0.5, 0.6) is 0 Å². The third kappa shape index (κ3) is 5.05. The van der Waals surface area contributed by atoms with Crippen LogP contribution in [0.15, 0.2) is 48.5 Å². The van der Waals surface area contributed by atoms with E-state index in [9.17, 15) is 9.59 Å². The van der Waals surface area contributed by atoms with E-state index in [0.29, 0.717) is 41.7 Å². The van der Waals surface area contributed by atoms with Gasteiger partial charge >= 0.3 is 0 Å². The number of morpholine rings is 1. The number of anilines is 2. The maximum Gasteiger partial charge on any atom is 0.257 e.